The van der Waals surface area contributed by atoms with E-state index in [4.69, 9.17) is 4.52 Å². The first-order chi connectivity index (χ1) is 13.4. The van der Waals surface area contributed by atoms with Crippen LogP contribution >= 0.6 is 9.47 Å². The highest BCUT2D eigenvalue weighted by Gasteiger charge is 2.27. The van der Waals surface area contributed by atoms with Gasteiger partial charge < -0.3 is 9.63 Å². The molecule has 0 aliphatic carbocycles. The molecule has 0 fully saturated rings. The summed E-state index contributed by atoms with van der Waals surface area (Å²) in [6.07, 6.45) is 0. The molecule has 160 valence electrons. The van der Waals surface area contributed by atoms with E-state index in [2.05, 4.69) is 90.8 Å². The molecule has 3 heteroatoms. The summed E-state index contributed by atoms with van der Waals surface area (Å²) < 4.78 is 5.92. The molecule has 0 saturated carbocycles. The molecular weight excluding hydrogens is 375 g/mol. The second-order valence-corrected chi connectivity index (χ2v) is 9.76. The molecule has 0 aromatic heterocycles. The molecule has 29 heavy (non-hydrogen) atoms. The first kappa shape index (κ1) is 23.7. The Morgan fingerprint density at radius 3 is 1.41 bits per heavy atom. The Kier molecular flexibility index (Phi) is 7.44. The maximum absolute atomic E-state index is 11.4. The SMILES string of the molecule is Cc1c(C(C)C)cc(C(C)C)c(O)c1-c1c(C)c(C(C)C)cc(C(C)C)c1OP. The van der Waals surface area contributed by atoms with E-state index < -0.39 is 0 Å². The molecule has 1 N–H and O–H groups in total. The minimum absolute atomic E-state index is 0.241. The number of aromatic hydroxyl groups is 1. The van der Waals surface area contributed by atoms with Gasteiger partial charge in [-0.05, 0) is 70.9 Å². The summed E-state index contributed by atoms with van der Waals surface area (Å²) in [5.74, 6) is 2.59. The van der Waals surface area contributed by atoms with E-state index in [-0.39, 0.29) is 5.92 Å². The molecule has 0 heterocycles. The highest BCUT2D eigenvalue weighted by molar-refractivity contribution is 7.10. The minimum atomic E-state index is 0.241. The summed E-state index contributed by atoms with van der Waals surface area (Å²) in [6.45, 7) is 21.9. The molecular formula is C26H39O2P. The van der Waals surface area contributed by atoms with Crippen LogP contribution in [-0.4, -0.2) is 5.11 Å². The fourth-order valence-corrected chi connectivity index (χ4v) is 4.67. The highest BCUT2D eigenvalue weighted by atomic mass is 31.0. The van der Waals surface area contributed by atoms with Crippen molar-refractivity contribution in [2.75, 3.05) is 0 Å². The summed E-state index contributed by atoms with van der Waals surface area (Å²) >= 11 is 0. The summed E-state index contributed by atoms with van der Waals surface area (Å²) in [6, 6.07) is 4.48. The monoisotopic (exact) mass is 414 g/mol. The Balaban J connectivity index is 3.11. The van der Waals surface area contributed by atoms with Gasteiger partial charge >= 0.3 is 0 Å². The zero-order valence-corrected chi connectivity index (χ0v) is 21.1. The van der Waals surface area contributed by atoms with Crippen molar-refractivity contribution in [2.45, 2.75) is 92.9 Å². The van der Waals surface area contributed by atoms with Crippen LogP contribution in [0.5, 0.6) is 11.5 Å². The Bertz CT molecular complexity index is 860. The molecule has 0 saturated heterocycles. The normalized spacial score (nSPS) is 12.0. The Labute approximate surface area is 180 Å². The van der Waals surface area contributed by atoms with Crippen molar-refractivity contribution in [3.63, 3.8) is 0 Å². The molecule has 2 rings (SSSR count). The van der Waals surface area contributed by atoms with Gasteiger partial charge in [0.15, 0.2) is 0 Å². The Morgan fingerprint density at radius 1 is 0.655 bits per heavy atom. The quantitative estimate of drug-likeness (QED) is 0.481. The van der Waals surface area contributed by atoms with Crippen molar-refractivity contribution in [3.8, 4) is 22.6 Å². The molecule has 2 nitrogen and oxygen atoms in total. The van der Waals surface area contributed by atoms with E-state index >= 15 is 0 Å². The zero-order chi connectivity index (χ0) is 22.2. The van der Waals surface area contributed by atoms with E-state index in [0.29, 0.717) is 23.5 Å². The van der Waals surface area contributed by atoms with Crippen LogP contribution in [0.15, 0.2) is 12.1 Å². The van der Waals surface area contributed by atoms with E-state index in [1.807, 2.05) is 0 Å². The van der Waals surface area contributed by atoms with Crippen LogP contribution in [0.4, 0.5) is 0 Å². The van der Waals surface area contributed by atoms with E-state index in [1.54, 1.807) is 0 Å². The van der Waals surface area contributed by atoms with Crippen molar-refractivity contribution < 1.29 is 9.63 Å². The number of benzene rings is 2. The highest BCUT2D eigenvalue weighted by Crippen LogP contribution is 2.50. The van der Waals surface area contributed by atoms with Crippen molar-refractivity contribution in [2.24, 2.45) is 0 Å². The van der Waals surface area contributed by atoms with Gasteiger partial charge in [-0.2, -0.15) is 0 Å². The number of phenols is 1. The van der Waals surface area contributed by atoms with Crippen LogP contribution in [0.1, 0.15) is 112 Å². The van der Waals surface area contributed by atoms with Gasteiger partial charge in [-0.15, -0.1) is 0 Å². The van der Waals surface area contributed by atoms with Crippen molar-refractivity contribution in [1.82, 2.24) is 0 Å². The standard InChI is InChI=1S/C26H39O2P/c1-13(2)19-11-21(15(5)6)25(27)23(17(19)9)24-18(10)20(14(3)4)12-22(16(7)8)26(24)28-29/h11-16,27H,29H2,1-10H3. The average molecular weight is 415 g/mol. The molecule has 0 aliphatic rings. The van der Waals surface area contributed by atoms with Crippen LogP contribution in [0.2, 0.25) is 0 Å². The molecule has 1 atom stereocenters. The second kappa shape index (κ2) is 9.09. The number of hydrogen-bond acceptors (Lipinski definition) is 2. The largest absolute Gasteiger partial charge is 0.507 e. The molecule has 0 amide bonds. The van der Waals surface area contributed by atoms with Gasteiger partial charge in [0.2, 0.25) is 0 Å². The predicted molar refractivity (Wildman–Crippen MR) is 130 cm³/mol. The fraction of sp³-hybridized carbons (Fsp3) is 0.538. The maximum Gasteiger partial charge on any atom is 0.134 e. The van der Waals surface area contributed by atoms with Crippen LogP contribution in [0.25, 0.3) is 11.1 Å². The average Bonchev–Trinajstić information content (AvgIpc) is 2.61. The van der Waals surface area contributed by atoms with Crippen molar-refractivity contribution in [3.05, 3.63) is 45.5 Å². The van der Waals surface area contributed by atoms with Gasteiger partial charge in [0.05, 0.1) is 9.47 Å². The summed E-state index contributed by atoms with van der Waals surface area (Å²) in [7, 11) is 2.43. The minimum Gasteiger partial charge on any atom is -0.507 e. The van der Waals surface area contributed by atoms with Crippen LogP contribution in [-0.2, 0) is 0 Å². The third-order valence-electron chi connectivity index (χ3n) is 6.09. The van der Waals surface area contributed by atoms with Gasteiger partial charge in [-0.3, -0.25) is 0 Å². The zero-order valence-electron chi connectivity index (χ0n) is 19.9. The van der Waals surface area contributed by atoms with Gasteiger partial charge in [0.1, 0.15) is 11.5 Å². The third kappa shape index (κ3) is 4.33. The first-order valence-corrected chi connectivity index (χ1v) is 11.3. The molecule has 1 unspecified atom stereocenters. The van der Waals surface area contributed by atoms with Gasteiger partial charge in [-0.25, -0.2) is 0 Å². The Morgan fingerprint density at radius 2 is 1.03 bits per heavy atom. The molecule has 2 aromatic rings. The molecule has 2 aromatic carbocycles. The Hall–Kier alpha value is -1.53. The fourth-order valence-electron chi connectivity index (χ4n) is 4.41. The van der Waals surface area contributed by atoms with Gasteiger partial charge in [0.25, 0.3) is 0 Å². The van der Waals surface area contributed by atoms with Crippen molar-refractivity contribution >= 4 is 9.47 Å². The lowest BCUT2D eigenvalue weighted by Gasteiger charge is -2.27. The molecule has 0 radical (unpaired) electrons. The number of phenolic OH excluding ortho intramolecular Hbond substituents is 1. The maximum atomic E-state index is 11.4. The van der Waals surface area contributed by atoms with Gasteiger partial charge in [-0.1, -0.05) is 67.5 Å². The smallest absolute Gasteiger partial charge is 0.134 e. The first-order valence-electron chi connectivity index (χ1n) is 10.8. The summed E-state index contributed by atoms with van der Waals surface area (Å²) in [5, 5.41) is 11.4. The van der Waals surface area contributed by atoms with Crippen molar-refractivity contribution in [1.29, 1.82) is 0 Å². The molecule has 0 aliphatic heterocycles. The number of rotatable bonds is 6. The predicted octanol–water partition coefficient (Wildman–Crippen LogP) is 8.34. The number of hydrogen-bond donors (Lipinski definition) is 1. The summed E-state index contributed by atoms with van der Waals surface area (Å²) in [5.41, 5.74) is 9.09. The van der Waals surface area contributed by atoms with Crippen LogP contribution < -0.4 is 4.52 Å². The van der Waals surface area contributed by atoms with Crippen LogP contribution in [0, 0.1) is 13.8 Å². The lowest BCUT2D eigenvalue weighted by molar-refractivity contribution is 0.465. The second-order valence-electron chi connectivity index (χ2n) is 9.52. The molecule has 0 bridgehead atoms. The van der Waals surface area contributed by atoms with E-state index in [0.717, 1.165) is 28.0 Å². The lowest BCUT2D eigenvalue weighted by atomic mass is 9.80. The molecule has 0 spiro atoms. The lowest BCUT2D eigenvalue weighted by Crippen LogP contribution is -2.06. The third-order valence-corrected chi connectivity index (χ3v) is 6.33. The summed E-state index contributed by atoms with van der Waals surface area (Å²) in [4.78, 5) is 0. The van der Waals surface area contributed by atoms with E-state index in [9.17, 15) is 5.11 Å². The van der Waals surface area contributed by atoms with Gasteiger partial charge in [0, 0.05) is 11.1 Å². The van der Waals surface area contributed by atoms with E-state index in [1.165, 1.54) is 22.3 Å². The van der Waals surface area contributed by atoms with Crippen LogP contribution in [0.3, 0.4) is 0 Å². The topological polar surface area (TPSA) is 29.5 Å².